The maximum absolute atomic E-state index is 12.6. The molecule has 0 spiro atoms. The fourth-order valence-electron chi connectivity index (χ4n) is 3.61. The van der Waals surface area contributed by atoms with Crippen molar-refractivity contribution in [2.24, 2.45) is 0 Å². The van der Waals surface area contributed by atoms with Gasteiger partial charge < -0.3 is 15.0 Å². The molecule has 0 saturated carbocycles. The Balaban J connectivity index is 1.37. The number of rotatable bonds is 6. The topological polar surface area (TPSA) is 61.9 Å². The first-order valence-electron chi connectivity index (χ1n) is 9.86. The molecular weight excluding hydrogens is 386 g/mol. The van der Waals surface area contributed by atoms with Gasteiger partial charge in [-0.25, -0.2) is 0 Å². The van der Waals surface area contributed by atoms with Crippen LogP contribution < -0.4 is 10.2 Å². The van der Waals surface area contributed by atoms with Crippen LogP contribution in [0.3, 0.4) is 0 Å². The molecule has 2 aliphatic heterocycles. The lowest BCUT2D eigenvalue weighted by Crippen LogP contribution is -2.43. The summed E-state index contributed by atoms with van der Waals surface area (Å²) in [6.07, 6.45) is 0. The molecule has 6 nitrogen and oxygen atoms in total. The maximum atomic E-state index is 12.6. The molecule has 29 heavy (non-hydrogen) atoms. The molecule has 0 atom stereocenters. The monoisotopic (exact) mass is 411 g/mol. The van der Waals surface area contributed by atoms with Crippen LogP contribution in [0, 0.1) is 0 Å². The van der Waals surface area contributed by atoms with Crippen LogP contribution in [-0.4, -0.2) is 55.3 Å². The fourth-order valence-corrected chi connectivity index (χ4v) is 4.54. The summed E-state index contributed by atoms with van der Waals surface area (Å²) in [5.74, 6) is 0.185. The van der Waals surface area contributed by atoms with Gasteiger partial charge in [-0.15, -0.1) is 11.8 Å². The number of thioether (sulfide) groups is 1. The third-order valence-electron chi connectivity index (χ3n) is 5.20. The van der Waals surface area contributed by atoms with Crippen LogP contribution in [0.15, 0.2) is 53.4 Å². The minimum absolute atomic E-state index is 0.0310. The van der Waals surface area contributed by atoms with Crippen molar-refractivity contribution in [1.82, 2.24) is 10.2 Å². The Morgan fingerprint density at radius 2 is 1.76 bits per heavy atom. The normalized spacial score (nSPS) is 17.1. The molecule has 2 heterocycles. The van der Waals surface area contributed by atoms with Gasteiger partial charge in [-0.3, -0.25) is 14.5 Å². The highest BCUT2D eigenvalue weighted by atomic mass is 32.2. The van der Waals surface area contributed by atoms with E-state index in [1.807, 2.05) is 42.5 Å². The van der Waals surface area contributed by atoms with Crippen molar-refractivity contribution >= 4 is 29.3 Å². The van der Waals surface area contributed by atoms with Crippen LogP contribution >= 0.6 is 11.8 Å². The van der Waals surface area contributed by atoms with Gasteiger partial charge in [0.1, 0.15) is 6.54 Å². The fraction of sp³-hybridized carbons (Fsp3) is 0.364. The highest BCUT2D eigenvalue weighted by Gasteiger charge is 2.26. The lowest BCUT2D eigenvalue weighted by molar-refractivity contribution is -0.123. The van der Waals surface area contributed by atoms with Crippen molar-refractivity contribution in [3.8, 4) is 0 Å². The van der Waals surface area contributed by atoms with Crippen molar-refractivity contribution in [2.75, 3.05) is 43.5 Å². The Bertz CT molecular complexity index is 883. The van der Waals surface area contributed by atoms with Gasteiger partial charge in [-0.05, 0) is 23.3 Å². The quantitative estimate of drug-likeness (QED) is 0.790. The standard InChI is InChI=1S/C22H25N3O3S/c26-21(15-25-19-7-3-4-8-20(19)29-16-22(25)27)23-13-17-5-1-2-6-18(17)14-24-9-11-28-12-10-24/h1-8H,9-16H2,(H,23,26). The number of amides is 2. The number of carbonyl (C=O) groups is 2. The molecule has 0 bridgehead atoms. The second-order valence-electron chi connectivity index (χ2n) is 7.17. The molecule has 2 aromatic rings. The smallest absolute Gasteiger partial charge is 0.240 e. The third-order valence-corrected chi connectivity index (χ3v) is 6.25. The zero-order valence-electron chi connectivity index (χ0n) is 16.3. The molecule has 152 valence electrons. The summed E-state index contributed by atoms with van der Waals surface area (Å²) < 4.78 is 5.42. The van der Waals surface area contributed by atoms with Crippen LogP contribution in [0.5, 0.6) is 0 Å². The molecule has 0 unspecified atom stereocenters. The van der Waals surface area contributed by atoms with Crippen molar-refractivity contribution in [1.29, 1.82) is 0 Å². The van der Waals surface area contributed by atoms with E-state index in [0.717, 1.165) is 49.0 Å². The lowest BCUT2D eigenvalue weighted by Gasteiger charge is -2.28. The van der Waals surface area contributed by atoms with E-state index in [9.17, 15) is 9.59 Å². The second-order valence-corrected chi connectivity index (χ2v) is 8.19. The lowest BCUT2D eigenvalue weighted by atomic mass is 10.1. The van der Waals surface area contributed by atoms with Gasteiger partial charge in [-0.1, -0.05) is 36.4 Å². The largest absolute Gasteiger partial charge is 0.379 e. The van der Waals surface area contributed by atoms with E-state index in [4.69, 9.17) is 4.74 Å². The molecule has 1 saturated heterocycles. The van der Waals surface area contributed by atoms with E-state index in [2.05, 4.69) is 16.3 Å². The van der Waals surface area contributed by atoms with Crippen LogP contribution in [0.25, 0.3) is 0 Å². The van der Waals surface area contributed by atoms with E-state index in [0.29, 0.717) is 12.3 Å². The number of carbonyl (C=O) groups excluding carboxylic acids is 2. The predicted molar refractivity (Wildman–Crippen MR) is 114 cm³/mol. The van der Waals surface area contributed by atoms with Crippen molar-refractivity contribution in [3.63, 3.8) is 0 Å². The van der Waals surface area contributed by atoms with Gasteiger partial charge in [0.2, 0.25) is 11.8 Å². The predicted octanol–water partition coefficient (Wildman–Crippen LogP) is 2.27. The molecular formula is C22H25N3O3S. The number of anilines is 1. The zero-order valence-corrected chi connectivity index (χ0v) is 17.1. The minimum atomic E-state index is -0.152. The first-order valence-corrected chi connectivity index (χ1v) is 10.8. The van der Waals surface area contributed by atoms with Crippen LogP contribution in [0.4, 0.5) is 5.69 Å². The van der Waals surface area contributed by atoms with Gasteiger partial charge in [0.15, 0.2) is 0 Å². The number of nitrogens with zero attached hydrogens (tertiary/aromatic N) is 2. The highest BCUT2D eigenvalue weighted by Crippen LogP contribution is 2.34. The first kappa shape index (κ1) is 19.9. The van der Waals surface area contributed by atoms with Gasteiger partial charge in [0.05, 0.1) is 24.7 Å². The molecule has 0 aliphatic carbocycles. The Labute approximate surface area is 175 Å². The average Bonchev–Trinajstić information content (AvgIpc) is 2.76. The number of hydrogen-bond donors (Lipinski definition) is 1. The summed E-state index contributed by atoms with van der Waals surface area (Å²) in [6.45, 7) is 4.74. The molecule has 1 fully saturated rings. The Kier molecular flexibility index (Phi) is 6.49. The second kappa shape index (κ2) is 9.43. The number of ether oxygens (including phenoxy) is 1. The molecule has 1 N–H and O–H groups in total. The van der Waals surface area contributed by atoms with E-state index in [-0.39, 0.29) is 18.4 Å². The van der Waals surface area contributed by atoms with Gasteiger partial charge in [0.25, 0.3) is 0 Å². The van der Waals surface area contributed by atoms with E-state index < -0.39 is 0 Å². The first-order chi connectivity index (χ1) is 14.2. The van der Waals surface area contributed by atoms with E-state index in [1.54, 1.807) is 4.90 Å². The summed E-state index contributed by atoms with van der Waals surface area (Å²) >= 11 is 1.52. The van der Waals surface area contributed by atoms with E-state index >= 15 is 0 Å². The molecule has 2 aromatic carbocycles. The highest BCUT2D eigenvalue weighted by molar-refractivity contribution is 8.00. The average molecular weight is 412 g/mol. The number of nitrogens with one attached hydrogen (secondary N) is 1. The summed E-state index contributed by atoms with van der Waals surface area (Å²) in [6, 6.07) is 15.9. The maximum Gasteiger partial charge on any atom is 0.240 e. The van der Waals surface area contributed by atoms with Crippen molar-refractivity contribution in [3.05, 3.63) is 59.7 Å². The molecule has 2 amide bonds. The zero-order chi connectivity index (χ0) is 20.1. The van der Waals surface area contributed by atoms with Crippen molar-refractivity contribution in [2.45, 2.75) is 18.0 Å². The number of benzene rings is 2. The van der Waals surface area contributed by atoms with Crippen LogP contribution in [-0.2, 0) is 27.4 Å². The van der Waals surface area contributed by atoms with Gasteiger partial charge in [-0.2, -0.15) is 0 Å². The summed E-state index contributed by atoms with van der Waals surface area (Å²) in [5.41, 5.74) is 3.13. The number of morpholine rings is 1. The third kappa shape index (κ3) is 4.98. The molecule has 0 radical (unpaired) electrons. The number of para-hydroxylation sites is 1. The van der Waals surface area contributed by atoms with Crippen LogP contribution in [0.1, 0.15) is 11.1 Å². The number of hydrogen-bond acceptors (Lipinski definition) is 5. The SMILES string of the molecule is O=C(CN1C(=O)CSc2ccccc21)NCc1ccccc1CN1CCOCC1. The molecule has 4 rings (SSSR count). The van der Waals surface area contributed by atoms with Crippen LogP contribution in [0.2, 0.25) is 0 Å². The number of fused-ring (bicyclic) bond motifs is 1. The molecule has 7 heteroatoms. The molecule has 2 aliphatic rings. The summed E-state index contributed by atoms with van der Waals surface area (Å²) in [5, 5.41) is 2.99. The Morgan fingerprint density at radius 1 is 1.03 bits per heavy atom. The Morgan fingerprint density at radius 3 is 2.59 bits per heavy atom. The van der Waals surface area contributed by atoms with E-state index in [1.165, 1.54) is 17.3 Å². The van der Waals surface area contributed by atoms with Gasteiger partial charge in [0, 0.05) is 31.1 Å². The summed E-state index contributed by atoms with van der Waals surface area (Å²) in [4.78, 5) is 29.9. The molecule has 0 aromatic heterocycles. The van der Waals surface area contributed by atoms with Gasteiger partial charge >= 0.3 is 0 Å². The van der Waals surface area contributed by atoms with Crippen molar-refractivity contribution < 1.29 is 14.3 Å². The Hall–Kier alpha value is -2.35. The minimum Gasteiger partial charge on any atom is -0.379 e. The summed E-state index contributed by atoms with van der Waals surface area (Å²) in [7, 11) is 0.